The first-order valence-corrected chi connectivity index (χ1v) is 11.0. The summed E-state index contributed by atoms with van der Waals surface area (Å²) in [7, 11) is -3.25. The summed E-state index contributed by atoms with van der Waals surface area (Å²) in [5, 5.41) is 0. The molecule has 0 aliphatic carbocycles. The third kappa shape index (κ3) is 4.38. The molecule has 0 aliphatic heterocycles. The normalized spacial score (nSPS) is 11.3. The van der Waals surface area contributed by atoms with Crippen LogP contribution in [0.15, 0.2) is 89.8 Å². The first kappa shape index (κ1) is 19.0. The molecule has 4 rings (SSSR count). The molecule has 29 heavy (non-hydrogen) atoms. The molecule has 1 heterocycles. The van der Waals surface area contributed by atoms with Gasteiger partial charge in [-0.05, 0) is 24.3 Å². The largest absolute Gasteiger partial charge is 0.486 e. The number of aromatic amines is 1. The summed E-state index contributed by atoms with van der Waals surface area (Å²) in [6.45, 7) is 0.297. The third-order valence-corrected chi connectivity index (χ3v) is 5.62. The van der Waals surface area contributed by atoms with Gasteiger partial charge >= 0.3 is 0 Å². The molecule has 1 N–H and O–H groups in total. The Hall–Kier alpha value is -3.38. The topological polar surface area (TPSA) is 72.1 Å². The number of benzene rings is 3. The molecule has 0 fully saturated rings. The summed E-state index contributed by atoms with van der Waals surface area (Å²) < 4.78 is 29.3. The maximum absolute atomic E-state index is 11.8. The average molecular weight is 404 g/mol. The second kappa shape index (κ2) is 7.93. The van der Waals surface area contributed by atoms with Gasteiger partial charge in [-0.3, -0.25) is 0 Å². The van der Waals surface area contributed by atoms with Gasteiger partial charge in [-0.2, -0.15) is 0 Å². The van der Waals surface area contributed by atoms with Crippen LogP contribution >= 0.6 is 0 Å². The minimum Gasteiger partial charge on any atom is -0.486 e. The van der Waals surface area contributed by atoms with Crippen molar-refractivity contribution in [2.24, 2.45) is 0 Å². The Kier molecular flexibility index (Phi) is 5.18. The zero-order chi connectivity index (χ0) is 20.3. The number of hydrogen-bond acceptors (Lipinski definition) is 4. The standard InChI is InChI=1S/C23H20N2O3S/c1-29(26,27)20-14-12-18(13-15-20)23-22(17-8-4-2-5-9-17)24-21(25-23)16-28-19-10-6-3-7-11-19/h2-15H,16H2,1H3,(H,24,25). The number of H-pyrrole nitrogens is 1. The number of imidazole rings is 1. The molecule has 0 bridgehead atoms. The summed E-state index contributed by atoms with van der Waals surface area (Å²) in [4.78, 5) is 8.37. The molecule has 6 heteroatoms. The fraction of sp³-hybridized carbons (Fsp3) is 0.0870. The monoisotopic (exact) mass is 404 g/mol. The summed E-state index contributed by atoms with van der Waals surface area (Å²) in [5.41, 5.74) is 3.44. The van der Waals surface area contributed by atoms with Gasteiger partial charge < -0.3 is 9.72 Å². The van der Waals surface area contributed by atoms with E-state index in [1.807, 2.05) is 60.7 Å². The van der Waals surface area contributed by atoms with Crippen molar-refractivity contribution in [2.45, 2.75) is 11.5 Å². The number of para-hydroxylation sites is 1. The van der Waals surface area contributed by atoms with Gasteiger partial charge in [0.05, 0.1) is 16.3 Å². The van der Waals surface area contributed by atoms with Crippen molar-refractivity contribution >= 4 is 9.84 Å². The van der Waals surface area contributed by atoms with Gasteiger partial charge in [-0.15, -0.1) is 0 Å². The highest BCUT2D eigenvalue weighted by atomic mass is 32.2. The minimum atomic E-state index is -3.25. The highest BCUT2D eigenvalue weighted by Gasteiger charge is 2.15. The maximum atomic E-state index is 11.8. The van der Waals surface area contributed by atoms with Crippen LogP contribution in [-0.4, -0.2) is 24.6 Å². The highest BCUT2D eigenvalue weighted by Crippen LogP contribution is 2.31. The SMILES string of the molecule is CS(=O)(=O)c1ccc(-c2nc(COc3ccccc3)[nH]c2-c2ccccc2)cc1. The fourth-order valence-corrected chi connectivity index (χ4v) is 3.67. The lowest BCUT2D eigenvalue weighted by Crippen LogP contribution is -1.97. The van der Waals surface area contributed by atoms with Crippen molar-refractivity contribution in [3.8, 4) is 28.3 Å². The summed E-state index contributed by atoms with van der Waals surface area (Å²) >= 11 is 0. The van der Waals surface area contributed by atoms with E-state index in [4.69, 9.17) is 9.72 Å². The van der Waals surface area contributed by atoms with Crippen LogP contribution in [0.3, 0.4) is 0 Å². The van der Waals surface area contributed by atoms with Crippen molar-refractivity contribution in [1.82, 2.24) is 9.97 Å². The molecule has 4 aromatic rings. The number of nitrogens with one attached hydrogen (secondary N) is 1. The molecule has 0 atom stereocenters. The van der Waals surface area contributed by atoms with Crippen LogP contribution in [0.25, 0.3) is 22.5 Å². The second-order valence-corrected chi connectivity index (χ2v) is 8.69. The van der Waals surface area contributed by atoms with Crippen molar-refractivity contribution in [1.29, 1.82) is 0 Å². The maximum Gasteiger partial charge on any atom is 0.175 e. The fourth-order valence-electron chi connectivity index (χ4n) is 3.04. The lowest BCUT2D eigenvalue weighted by atomic mass is 10.1. The molecule has 0 amide bonds. The van der Waals surface area contributed by atoms with Crippen LogP contribution in [0.4, 0.5) is 0 Å². The number of rotatable bonds is 6. The third-order valence-electron chi connectivity index (χ3n) is 4.49. The van der Waals surface area contributed by atoms with Gasteiger partial charge in [0.2, 0.25) is 0 Å². The Morgan fingerprint density at radius 3 is 2.07 bits per heavy atom. The van der Waals surface area contributed by atoms with Crippen LogP contribution in [-0.2, 0) is 16.4 Å². The van der Waals surface area contributed by atoms with Crippen LogP contribution < -0.4 is 4.74 Å². The predicted molar refractivity (Wildman–Crippen MR) is 113 cm³/mol. The molecular weight excluding hydrogens is 384 g/mol. The van der Waals surface area contributed by atoms with Crippen LogP contribution in [0, 0.1) is 0 Å². The highest BCUT2D eigenvalue weighted by molar-refractivity contribution is 7.90. The molecule has 146 valence electrons. The molecule has 0 aliphatic rings. The molecule has 0 saturated heterocycles. The van der Waals surface area contributed by atoms with E-state index in [1.165, 1.54) is 6.26 Å². The molecule has 0 radical (unpaired) electrons. The summed E-state index contributed by atoms with van der Waals surface area (Å²) in [6.07, 6.45) is 1.20. The Balaban J connectivity index is 1.70. The van der Waals surface area contributed by atoms with E-state index in [1.54, 1.807) is 24.3 Å². The van der Waals surface area contributed by atoms with E-state index >= 15 is 0 Å². The number of aromatic nitrogens is 2. The van der Waals surface area contributed by atoms with Crippen molar-refractivity contribution in [2.75, 3.05) is 6.26 Å². The smallest absolute Gasteiger partial charge is 0.175 e. The first-order chi connectivity index (χ1) is 14.0. The predicted octanol–water partition coefficient (Wildman–Crippen LogP) is 4.73. The minimum absolute atomic E-state index is 0.283. The summed E-state index contributed by atoms with van der Waals surface area (Å²) in [5.74, 6) is 1.46. The van der Waals surface area contributed by atoms with E-state index in [0.29, 0.717) is 12.4 Å². The van der Waals surface area contributed by atoms with Gasteiger partial charge in [-0.25, -0.2) is 13.4 Å². The second-order valence-electron chi connectivity index (χ2n) is 6.67. The van der Waals surface area contributed by atoms with Gasteiger partial charge in [0.25, 0.3) is 0 Å². The molecule has 5 nitrogen and oxygen atoms in total. The van der Waals surface area contributed by atoms with E-state index in [0.717, 1.165) is 28.3 Å². The van der Waals surface area contributed by atoms with Gasteiger partial charge in [0.1, 0.15) is 18.2 Å². The summed E-state index contributed by atoms with van der Waals surface area (Å²) in [6, 6.07) is 26.2. The van der Waals surface area contributed by atoms with Crippen molar-refractivity contribution in [3.63, 3.8) is 0 Å². The van der Waals surface area contributed by atoms with E-state index < -0.39 is 9.84 Å². The Labute approximate surface area is 170 Å². The molecule has 0 saturated carbocycles. The lowest BCUT2D eigenvalue weighted by molar-refractivity contribution is 0.297. The number of hydrogen-bond donors (Lipinski definition) is 1. The molecule has 3 aromatic carbocycles. The van der Waals surface area contributed by atoms with Crippen LogP contribution in [0.1, 0.15) is 5.82 Å². The Bertz CT molecular complexity index is 1200. The quantitative estimate of drug-likeness (QED) is 0.504. The van der Waals surface area contributed by atoms with E-state index in [9.17, 15) is 8.42 Å². The van der Waals surface area contributed by atoms with Gasteiger partial charge in [0.15, 0.2) is 9.84 Å². The van der Waals surface area contributed by atoms with E-state index in [2.05, 4.69) is 4.98 Å². The van der Waals surface area contributed by atoms with Crippen LogP contribution in [0.2, 0.25) is 0 Å². The molecular formula is C23H20N2O3S. The van der Waals surface area contributed by atoms with Crippen LogP contribution in [0.5, 0.6) is 5.75 Å². The van der Waals surface area contributed by atoms with Gasteiger partial charge in [-0.1, -0.05) is 60.7 Å². The lowest BCUT2D eigenvalue weighted by Gasteiger charge is -2.04. The molecule has 0 unspecified atom stereocenters. The van der Waals surface area contributed by atoms with Crippen molar-refractivity contribution in [3.05, 3.63) is 90.8 Å². The van der Waals surface area contributed by atoms with Gasteiger partial charge in [0, 0.05) is 17.4 Å². The molecule has 1 aromatic heterocycles. The number of nitrogens with zero attached hydrogens (tertiary/aromatic N) is 1. The Morgan fingerprint density at radius 1 is 0.828 bits per heavy atom. The Morgan fingerprint density at radius 2 is 1.45 bits per heavy atom. The zero-order valence-electron chi connectivity index (χ0n) is 15.9. The zero-order valence-corrected chi connectivity index (χ0v) is 16.7. The number of sulfone groups is 1. The molecule has 0 spiro atoms. The average Bonchev–Trinajstić information content (AvgIpc) is 3.17. The first-order valence-electron chi connectivity index (χ1n) is 9.13. The van der Waals surface area contributed by atoms with E-state index in [-0.39, 0.29) is 4.90 Å². The number of ether oxygens (including phenoxy) is 1. The van der Waals surface area contributed by atoms with Crippen molar-refractivity contribution < 1.29 is 13.2 Å².